The van der Waals surface area contributed by atoms with Crippen LogP contribution in [0.4, 0.5) is 0 Å². The Morgan fingerprint density at radius 3 is 2.84 bits per heavy atom. The summed E-state index contributed by atoms with van der Waals surface area (Å²) in [5.41, 5.74) is 0.923. The fourth-order valence-electron chi connectivity index (χ4n) is 2.14. The molecule has 0 radical (unpaired) electrons. The molecule has 0 saturated carbocycles. The van der Waals surface area contributed by atoms with Crippen LogP contribution in [-0.4, -0.2) is 47.2 Å². The molecule has 1 aliphatic heterocycles. The standard InChI is InChI=1S/C14H24N4O/c1-12(2)16-10-13-9-15-11-14(17-13)19-8-7-18-5-3-4-6-18/h9,11-12,16H,3-8,10H2,1-2H3. The topological polar surface area (TPSA) is 50.3 Å². The van der Waals surface area contributed by atoms with Gasteiger partial charge in [-0.1, -0.05) is 13.8 Å². The predicted molar refractivity (Wildman–Crippen MR) is 75.2 cm³/mol. The first-order valence-electron chi connectivity index (χ1n) is 7.13. The Morgan fingerprint density at radius 2 is 2.11 bits per heavy atom. The molecule has 0 amide bonds. The van der Waals surface area contributed by atoms with Gasteiger partial charge in [0.1, 0.15) is 6.61 Å². The summed E-state index contributed by atoms with van der Waals surface area (Å²) in [6.07, 6.45) is 6.10. The summed E-state index contributed by atoms with van der Waals surface area (Å²) < 4.78 is 5.67. The summed E-state index contributed by atoms with van der Waals surface area (Å²) in [5.74, 6) is 0.627. The fraction of sp³-hybridized carbons (Fsp3) is 0.714. The minimum Gasteiger partial charge on any atom is -0.475 e. The van der Waals surface area contributed by atoms with E-state index in [0.29, 0.717) is 18.5 Å². The molecule has 0 spiro atoms. The van der Waals surface area contributed by atoms with Gasteiger partial charge in [0.25, 0.3) is 0 Å². The van der Waals surface area contributed by atoms with Crippen LogP contribution < -0.4 is 10.1 Å². The molecule has 0 atom stereocenters. The van der Waals surface area contributed by atoms with Gasteiger partial charge >= 0.3 is 0 Å². The Labute approximate surface area is 115 Å². The number of ether oxygens (including phenoxy) is 1. The highest BCUT2D eigenvalue weighted by atomic mass is 16.5. The van der Waals surface area contributed by atoms with Crippen molar-refractivity contribution in [1.82, 2.24) is 20.2 Å². The molecule has 0 aromatic carbocycles. The van der Waals surface area contributed by atoms with Crippen LogP contribution in [-0.2, 0) is 6.54 Å². The van der Waals surface area contributed by atoms with E-state index in [1.807, 2.05) is 0 Å². The minimum absolute atomic E-state index is 0.446. The maximum Gasteiger partial charge on any atom is 0.232 e. The van der Waals surface area contributed by atoms with E-state index in [9.17, 15) is 0 Å². The van der Waals surface area contributed by atoms with Crippen LogP contribution in [0.15, 0.2) is 12.4 Å². The largest absolute Gasteiger partial charge is 0.475 e. The molecule has 0 bridgehead atoms. The Kier molecular flexibility index (Phi) is 5.54. The molecular weight excluding hydrogens is 240 g/mol. The third-order valence-electron chi connectivity index (χ3n) is 3.21. The van der Waals surface area contributed by atoms with Crippen molar-refractivity contribution < 1.29 is 4.74 Å². The second-order valence-electron chi connectivity index (χ2n) is 5.28. The summed E-state index contributed by atoms with van der Waals surface area (Å²) >= 11 is 0. The third kappa shape index (κ3) is 5.12. The molecule has 0 aliphatic carbocycles. The SMILES string of the molecule is CC(C)NCc1cncc(OCCN2CCCC2)n1. The molecular formula is C14H24N4O. The van der Waals surface area contributed by atoms with Gasteiger partial charge in [-0.05, 0) is 25.9 Å². The normalized spacial score (nSPS) is 16.2. The van der Waals surface area contributed by atoms with Crippen LogP contribution in [0, 0.1) is 0 Å². The number of nitrogens with one attached hydrogen (secondary N) is 1. The summed E-state index contributed by atoms with van der Waals surface area (Å²) in [7, 11) is 0. The quantitative estimate of drug-likeness (QED) is 0.808. The zero-order valence-corrected chi connectivity index (χ0v) is 11.9. The van der Waals surface area contributed by atoms with Gasteiger partial charge in [-0.15, -0.1) is 0 Å². The summed E-state index contributed by atoms with van der Waals surface area (Å²) in [5, 5.41) is 3.32. The first-order valence-corrected chi connectivity index (χ1v) is 7.13. The Balaban J connectivity index is 1.74. The van der Waals surface area contributed by atoms with Crippen molar-refractivity contribution in [1.29, 1.82) is 0 Å². The molecule has 2 heterocycles. The average Bonchev–Trinajstić information content (AvgIpc) is 2.90. The van der Waals surface area contributed by atoms with Gasteiger partial charge in [0.15, 0.2) is 0 Å². The highest BCUT2D eigenvalue weighted by molar-refractivity contribution is 5.08. The molecule has 19 heavy (non-hydrogen) atoms. The number of aromatic nitrogens is 2. The van der Waals surface area contributed by atoms with Gasteiger partial charge in [0.2, 0.25) is 5.88 Å². The second kappa shape index (κ2) is 7.40. The van der Waals surface area contributed by atoms with Gasteiger partial charge in [0, 0.05) is 25.3 Å². The average molecular weight is 264 g/mol. The first kappa shape index (κ1) is 14.2. The van der Waals surface area contributed by atoms with E-state index < -0.39 is 0 Å². The molecule has 1 saturated heterocycles. The molecule has 5 nitrogen and oxygen atoms in total. The Hall–Kier alpha value is -1.20. The van der Waals surface area contributed by atoms with E-state index in [2.05, 4.69) is 34.0 Å². The number of hydrogen-bond donors (Lipinski definition) is 1. The summed E-state index contributed by atoms with van der Waals surface area (Å²) in [6, 6.07) is 0.446. The van der Waals surface area contributed by atoms with Gasteiger partial charge < -0.3 is 10.1 Å². The van der Waals surface area contributed by atoms with Crippen molar-refractivity contribution in [3.63, 3.8) is 0 Å². The third-order valence-corrected chi connectivity index (χ3v) is 3.21. The zero-order chi connectivity index (χ0) is 13.5. The maximum atomic E-state index is 5.67. The summed E-state index contributed by atoms with van der Waals surface area (Å²) in [4.78, 5) is 11.0. The lowest BCUT2D eigenvalue weighted by atomic mass is 10.3. The van der Waals surface area contributed by atoms with Crippen molar-refractivity contribution in [3.8, 4) is 5.88 Å². The Morgan fingerprint density at radius 1 is 1.32 bits per heavy atom. The minimum atomic E-state index is 0.446. The molecule has 106 valence electrons. The maximum absolute atomic E-state index is 5.67. The lowest BCUT2D eigenvalue weighted by molar-refractivity contribution is 0.231. The fourth-order valence-corrected chi connectivity index (χ4v) is 2.14. The molecule has 5 heteroatoms. The highest BCUT2D eigenvalue weighted by Crippen LogP contribution is 2.08. The van der Waals surface area contributed by atoms with Crippen LogP contribution in [0.5, 0.6) is 5.88 Å². The van der Waals surface area contributed by atoms with E-state index >= 15 is 0 Å². The van der Waals surface area contributed by atoms with Crippen molar-refractivity contribution in [3.05, 3.63) is 18.1 Å². The van der Waals surface area contributed by atoms with Crippen LogP contribution in [0.25, 0.3) is 0 Å². The summed E-state index contributed by atoms with van der Waals surface area (Å²) in [6.45, 7) is 9.04. The van der Waals surface area contributed by atoms with Crippen LogP contribution >= 0.6 is 0 Å². The highest BCUT2D eigenvalue weighted by Gasteiger charge is 2.11. The van der Waals surface area contributed by atoms with E-state index in [0.717, 1.165) is 18.8 Å². The van der Waals surface area contributed by atoms with Crippen molar-refractivity contribution in [2.24, 2.45) is 0 Å². The number of nitrogens with zero attached hydrogens (tertiary/aromatic N) is 3. The zero-order valence-electron chi connectivity index (χ0n) is 11.9. The van der Waals surface area contributed by atoms with Crippen LogP contribution in [0.3, 0.4) is 0 Å². The van der Waals surface area contributed by atoms with Crippen LogP contribution in [0.1, 0.15) is 32.4 Å². The van der Waals surface area contributed by atoms with Gasteiger partial charge in [-0.3, -0.25) is 9.88 Å². The molecule has 1 aliphatic rings. The van der Waals surface area contributed by atoms with Gasteiger partial charge in [-0.25, -0.2) is 4.98 Å². The lowest BCUT2D eigenvalue weighted by Crippen LogP contribution is -2.25. The van der Waals surface area contributed by atoms with E-state index in [1.165, 1.54) is 25.9 Å². The van der Waals surface area contributed by atoms with Crippen molar-refractivity contribution in [2.75, 3.05) is 26.2 Å². The second-order valence-corrected chi connectivity index (χ2v) is 5.28. The molecule has 1 aromatic heterocycles. The van der Waals surface area contributed by atoms with E-state index in [1.54, 1.807) is 12.4 Å². The van der Waals surface area contributed by atoms with E-state index in [4.69, 9.17) is 4.74 Å². The van der Waals surface area contributed by atoms with Gasteiger partial charge in [-0.2, -0.15) is 0 Å². The van der Waals surface area contributed by atoms with E-state index in [-0.39, 0.29) is 0 Å². The molecule has 1 aromatic rings. The van der Waals surface area contributed by atoms with Crippen molar-refractivity contribution >= 4 is 0 Å². The Bertz CT molecular complexity index is 377. The monoisotopic (exact) mass is 264 g/mol. The molecule has 1 fully saturated rings. The number of likely N-dealkylation sites (tertiary alicyclic amines) is 1. The number of rotatable bonds is 7. The van der Waals surface area contributed by atoms with Crippen molar-refractivity contribution in [2.45, 2.75) is 39.3 Å². The number of hydrogen-bond acceptors (Lipinski definition) is 5. The van der Waals surface area contributed by atoms with Crippen LogP contribution in [0.2, 0.25) is 0 Å². The van der Waals surface area contributed by atoms with Gasteiger partial charge in [0.05, 0.1) is 11.9 Å². The lowest BCUT2D eigenvalue weighted by Gasteiger charge is -2.14. The smallest absolute Gasteiger partial charge is 0.232 e. The predicted octanol–water partition coefficient (Wildman–Crippen LogP) is 1.45. The molecule has 1 N–H and O–H groups in total. The molecule has 2 rings (SSSR count). The first-order chi connectivity index (χ1) is 9.24. The molecule has 0 unspecified atom stereocenters.